The molecule has 3 heteroatoms. The average Bonchev–Trinajstić information content (AvgIpc) is 2.44. The molecule has 0 aliphatic carbocycles. The maximum Gasteiger partial charge on any atom is 0.129 e. The van der Waals surface area contributed by atoms with E-state index in [0.717, 1.165) is 26.2 Å². The van der Waals surface area contributed by atoms with Gasteiger partial charge >= 0.3 is 0 Å². The molecular formula is C18H31N3. The van der Waals surface area contributed by atoms with Crippen molar-refractivity contribution in [2.75, 3.05) is 24.5 Å². The molecule has 21 heavy (non-hydrogen) atoms. The van der Waals surface area contributed by atoms with Gasteiger partial charge in [0.05, 0.1) is 0 Å². The molecule has 1 aliphatic heterocycles. The second kappa shape index (κ2) is 8.38. The summed E-state index contributed by atoms with van der Waals surface area (Å²) in [5, 5.41) is 3.44. The first kappa shape index (κ1) is 16.3. The van der Waals surface area contributed by atoms with Gasteiger partial charge in [-0.2, -0.15) is 0 Å². The van der Waals surface area contributed by atoms with Crippen molar-refractivity contribution in [2.24, 2.45) is 0 Å². The van der Waals surface area contributed by atoms with Crippen LogP contribution in [0.5, 0.6) is 0 Å². The van der Waals surface area contributed by atoms with E-state index in [1.807, 2.05) is 0 Å². The van der Waals surface area contributed by atoms with Crippen LogP contribution in [0.1, 0.15) is 70.1 Å². The SMILES string of the molecule is CCNCc1cc(C(C)C)nc(N2CCCCCCC2)c1. The van der Waals surface area contributed by atoms with Crippen LogP contribution < -0.4 is 10.2 Å². The third kappa shape index (κ3) is 4.99. The van der Waals surface area contributed by atoms with Gasteiger partial charge in [-0.3, -0.25) is 0 Å². The monoisotopic (exact) mass is 289 g/mol. The molecular weight excluding hydrogens is 258 g/mol. The Bertz CT molecular complexity index is 420. The van der Waals surface area contributed by atoms with Crippen LogP contribution in [0.25, 0.3) is 0 Å². The molecule has 2 rings (SSSR count). The van der Waals surface area contributed by atoms with Gasteiger partial charge in [0.2, 0.25) is 0 Å². The summed E-state index contributed by atoms with van der Waals surface area (Å²) in [5.74, 6) is 1.68. The highest BCUT2D eigenvalue weighted by atomic mass is 15.2. The first-order valence-corrected chi connectivity index (χ1v) is 8.67. The van der Waals surface area contributed by atoms with Crippen LogP contribution in [0.2, 0.25) is 0 Å². The van der Waals surface area contributed by atoms with Crippen molar-refractivity contribution >= 4 is 5.82 Å². The van der Waals surface area contributed by atoms with Gasteiger partial charge in [-0.15, -0.1) is 0 Å². The van der Waals surface area contributed by atoms with Gasteiger partial charge in [-0.25, -0.2) is 4.98 Å². The Morgan fingerprint density at radius 1 is 1.10 bits per heavy atom. The van der Waals surface area contributed by atoms with E-state index in [1.165, 1.54) is 49.2 Å². The number of nitrogens with one attached hydrogen (secondary N) is 1. The van der Waals surface area contributed by atoms with Crippen molar-refractivity contribution in [1.82, 2.24) is 10.3 Å². The van der Waals surface area contributed by atoms with E-state index < -0.39 is 0 Å². The highest BCUT2D eigenvalue weighted by Gasteiger charge is 2.13. The van der Waals surface area contributed by atoms with Gasteiger partial charge in [0.1, 0.15) is 5.82 Å². The Kier molecular flexibility index (Phi) is 6.50. The van der Waals surface area contributed by atoms with E-state index in [-0.39, 0.29) is 0 Å². The minimum Gasteiger partial charge on any atom is -0.357 e. The molecule has 0 atom stereocenters. The summed E-state index contributed by atoms with van der Waals surface area (Å²) in [7, 11) is 0. The molecule has 1 N–H and O–H groups in total. The molecule has 1 aromatic heterocycles. The summed E-state index contributed by atoms with van der Waals surface area (Å²) in [6.07, 6.45) is 6.74. The number of pyridine rings is 1. The molecule has 2 heterocycles. The summed E-state index contributed by atoms with van der Waals surface area (Å²) < 4.78 is 0. The van der Waals surface area contributed by atoms with E-state index in [9.17, 15) is 0 Å². The van der Waals surface area contributed by atoms with E-state index >= 15 is 0 Å². The topological polar surface area (TPSA) is 28.2 Å². The lowest BCUT2D eigenvalue weighted by Crippen LogP contribution is -2.28. The maximum absolute atomic E-state index is 4.94. The van der Waals surface area contributed by atoms with E-state index in [1.54, 1.807) is 0 Å². The van der Waals surface area contributed by atoms with Crippen molar-refractivity contribution in [2.45, 2.75) is 65.3 Å². The van der Waals surface area contributed by atoms with Gasteiger partial charge in [0.15, 0.2) is 0 Å². The third-order valence-electron chi connectivity index (χ3n) is 4.24. The second-order valence-electron chi connectivity index (χ2n) is 6.45. The van der Waals surface area contributed by atoms with Gasteiger partial charge in [-0.05, 0) is 43.0 Å². The Hall–Kier alpha value is -1.09. The molecule has 0 bridgehead atoms. The molecule has 118 valence electrons. The number of nitrogens with zero attached hydrogens (tertiary/aromatic N) is 2. The molecule has 1 aliphatic rings. The molecule has 0 amide bonds. The van der Waals surface area contributed by atoms with Crippen molar-refractivity contribution in [3.05, 3.63) is 23.4 Å². The Morgan fingerprint density at radius 2 is 1.76 bits per heavy atom. The van der Waals surface area contributed by atoms with Crippen LogP contribution in [-0.4, -0.2) is 24.6 Å². The largest absolute Gasteiger partial charge is 0.357 e. The molecule has 0 aromatic carbocycles. The van der Waals surface area contributed by atoms with Crippen molar-refractivity contribution in [3.8, 4) is 0 Å². The maximum atomic E-state index is 4.94. The zero-order valence-corrected chi connectivity index (χ0v) is 14.0. The standard InChI is InChI=1S/C18H31N3/c1-4-19-14-16-12-17(15(2)3)20-18(13-16)21-10-8-6-5-7-9-11-21/h12-13,15,19H,4-11,14H2,1-3H3. The number of anilines is 1. The van der Waals surface area contributed by atoms with E-state index in [4.69, 9.17) is 4.98 Å². The predicted octanol–water partition coefficient (Wildman–Crippen LogP) is 4.09. The molecule has 0 saturated carbocycles. The zero-order valence-electron chi connectivity index (χ0n) is 14.0. The van der Waals surface area contributed by atoms with Crippen LogP contribution in [0.3, 0.4) is 0 Å². The minimum atomic E-state index is 0.486. The Balaban J connectivity index is 2.20. The molecule has 1 fully saturated rings. The fourth-order valence-electron chi connectivity index (χ4n) is 2.90. The van der Waals surface area contributed by atoms with E-state index in [2.05, 4.69) is 43.1 Å². The fraction of sp³-hybridized carbons (Fsp3) is 0.722. The highest BCUT2D eigenvalue weighted by molar-refractivity contribution is 5.43. The average molecular weight is 289 g/mol. The summed E-state index contributed by atoms with van der Waals surface area (Å²) in [4.78, 5) is 7.44. The van der Waals surface area contributed by atoms with Gasteiger partial charge in [0.25, 0.3) is 0 Å². The fourth-order valence-corrected chi connectivity index (χ4v) is 2.90. The molecule has 0 radical (unpaired) electrons. The molecule has 0 spiro atoms. The van der Waals surface area contributed by atoms with Crippen LogP contribution in [0.15, 0.2) is 12.1 Å². The summed E-state index contributed by atoms with van der Waals surface area (Å²) >= 11 is 0. The summed E-state index contributed by atoms with van der Waals surface area (Å²) in [5.41, 5.74) is 2.59. The predicted molar refractivity (Wildman–Crippen MR) is 91.0 cm³/mol. The normalized spacial score (nSPS) is 16.9. The van der Waals surface area contributed by atoms with Gasteiger partial charge < -0.3 is 10.2 Å². The first-order chi connectivity index (χ1) is 10.2. The Morgan fingerprint density at radius 3 is 2.38 bits per heavy atom. The number of aromatic nitrogens is 1. The minimum absolute atomic E-state index is 0.486. The zero-order chi connectivity index (χ0) is 15.1. The summed E-state index contributed by atoms with van der Waals surface area (Å²) in [6, 6.07) is 4.55. The highest BCUT2D eigenvalue weighted by Crippen LogP contribution is 2.22. The smallest absolute Gasteiger partial charge is 0.129 e. The number of hydrogen-bond acceptors (Lipinski definition) is 3. The van der Waals surface area contributed by atoms with Crippen LogP contribution in [0, 0.1) is 0 Å². The van der Waals surface area contributed by atoms with Crippen molar-refractivity contribution < 1.29 is 0 Å². The lowest BCUT2D eigenvalue weighted by atomic mass is 10.1. The number of hydrogen-bond donors (Lipinski definition) is 1. The van der Waals surface area contributed by atoms with E-state index in [0.29, 0.717) is 5.92 Å². The van der Waals surface area contributed by atoms with Crippen LogP contribution in [0.4, 0.5) is 5.82 Å². The lowest BCUT2D eigenvalue weighted by Gasteiger charge is -2.27. The molecule has 3 nitrogen and oxygen atoms in total. The third-order valence-corrected chi connectivity index (χ3v) is 4.24. The van der Waals surface area contributed by atoms with Crippen molar-refractivity contribution in [1.29, 1.82) is 0 Å². The second-order valence-corrected chi connectivity index (χ2v) is 6.45. The van der Waals surface area contributed by atoms with Gasteiger partial charge in [0, 0.05) is 25.3 Å². The van der Waals surface area contributed by atoms with Crippen molar-refractivity contribution in [3.63, 3.8) is 0 Å². The lowest BCUT2D eigenvalue weighted by molar-refractivity contribution is 0.552. The molecule has 1 saturated heterocycles. The quantitative estimate of drug-likeness (QED) is 0.885. The number of rotatable bonds is 5. The van der Waals surface area contributed by atoms with Crippen LogP contribution in [-0.2, 0) is 6.54 Å². The summed E-state index contributed by atoms with van der Waals surface area (Å²) in [6.45, 7) is 10.9. The first-order valence-electron chi connectivity index (χ1n) is 8.67. The van der Waals surface area contributed by atoms with Crippen LogP contribution >= 0.6 is 0 Å². The molecule has 1 aromatic rings. The molecule has 0 unspecified atom stereocenters. The van der Waals surface area contributed by atoms with Gasteiger partial charge in [-0.1, -0.05) is 40.0 Å². The Labute approximate surface area is 130 Å².